The summed E-state index contributed by atoms with van der Waals surface area (Å²) in [4.78, 5) is 0. The smallest absolute Gasteiger partial charge is 0.129 e. The number of rotatable bonds is 16. The summed E-state index contributed by atoms with van der Waals surface area (Å²) in [6, 6.07) is 23.2. The molecule has 0 aliphatic carbocycles. The SMILES string of the molecule is COc1ccc(/C=C\C(SC(/C=C\c2ccc(OC)cc2OC)c2ccc(OC)cc2OC)c2ccc(OC)cc2OC)c(OC)c1. The summed E-state index contributed by atoms with van der Waals surface area (Å²) >= 11 is 1.72. The normalized spacial score (nSPS) is 12.4. The van der Waals surface area contributed by atoms with Crippen LogP contribution >= 0.6 is 11.8 Å². The third-order valence-corrected chi connectivity index (χ3v) is 8.98. The van der Waals surface area contributed by atoms with Crippen LogP contribution < -0.4 is 37.9 Å². The summed E-state index contributed by atoms with van der Waals surface area (Å²) in [6.07, 6.45) is 8.39. The number of hydrogen-bond acceptors (Lipinski definition) is 9. The average molecular weight is 659 g/mol. The number of benzene rings is 4. The number of thioether (sulfide) groups is 1. The first kappa shape index (κ1) is 35.0. The Morgan fingerprint density at radius 3 is 1.04 bits per heavy atom. The van der Waals surface area contributed by atoms with Gasteiger partial charge in [-0.3, -0.25) is 0 Å². The molecular formula is C38H42O8S. The molecule has 0 bridgehead atoms. The molecule has 4 aromatic carbocycles. The van der Waals surface area contributed by atoms with Crippen LogP contribution in [-0.4, -0.2) is 56.9 Å². The second-order valence-corrected chi connectivity index (χ2v) is 11.4. The molecule has 2 unspecified atom stereocenters. The van der Waals surface area contributed by atoms with Gasteiger partial charge in [0.1, 0.15) is 46.0 Å². The van der Waals surface area contributed by atoms with E-state index in [-0.39, 0.29) is 10.5 Å². The first-order valence-electron chi connectivity index (χ1n) is 14.8. The van der Waals surface area contributed by atoms with Crippen molar-refractivity contribution in [1.29, 1.82) is 0 Å². The maximum absolute atomic E-state index is 5.88. The zero-order valence-corrected chi connectivity index (χ0v) is 28.9. The first-order chi connectivity index (χ1) is 22.9. The Kier molecular flexibility index (Phi) is 12.8. The molecule has 0 heterocycles. The summed E-state index contributed by atoms with van der Waals surface area (Å²) in [5, 5.41) is -0.385. The highest BCUT2D eigenvalue weighted by atomic mass is 32.2. The van der Waals surface area contributed by atoms with E-state index in [0.29, 0.717) is 46.0 Å². The van der Waals surface area contributed by atoms with Crippen LogP contribution in [0, 0.1) is 0 Å². The van der Waals surface area contributed by atoms with E-state index in [1.165, 1.54) is 0 Å². The van der Waals surface area contributed by atoms with Gasteiger partial charge in [0.2, 0.25) is 0 Å². The van der Waals surface area contributed by atoms with Crippen LogP contribution in [0.2, 0.25) is 0 Å². The number of hydrogen-bond donors (Lipinski definition) is 0. The molecule has 0 saturated heterocycles. The fraction of sp³-hybridized carbons (Fsp3) is 0.263. The molecule has 0 amide bonds. The summed E-state index contributed by atoms with van der Waals surface area (Å²) in [7, 11) is 13.2. The summed E-state index contributed by atoms with van der Waals surface area (Å²) < 4.78 is 45.0. The molecule has 2 atom stereocenters. The molecule has 0 saturated carbocycles. The van der Waals surface area contributed by atoms with Gasteiger partial charge in [-0.2, -0.15) is 0 Å². The molecule has 0 spiro atoms. The minimum absolute atomic E-state index is 0.193. The largest absolute Gasteiger partial charge is 0.497 e. The van der Waals surface area contributed by atoms with Gasteiger partial charge < -0.3 is 37.9 Å². The van der Waals surface area contributed by atoms with Crippen molar-refractivity contribution < 1.29 is 37.9 Å². The number of methoxy groups -OCH3 is 8. The number of ether oxygens (including phenoxy) is 8. The van der Waals surface area contributed by atoms with Gasteiger partial charge in [0.15, 0.2) is 0 Å². The van der Waals surface area contributed by atoms with E-state index in [9.17, 15) is 0 Å². The molecule has 0 radical (unpaired) electrons. The topological polar surface area (TPSA) is 73.8 Å². The third kappa shape index (κ3) is 8.68. The van der Waals surface area contributed by atoms with Crippen molar-refractivity contribution in [1.82, 2.24) is 0 Å². The van der Waals surface area contributed by atoms with E-state index in [0.717, 1.165) is 22.3 Å². The lowest BCUT2D eigenvalue weighted by molar-refractivity contribution is 0.391. The van der Waals surface area contributed by atoms with Crippen molar-refractivity contribution in [3.05, 3.63) is 107 Å². The zero-order chi connectivity index (χ0) is 33.8. The monoisotopic (exact) mass is 658 g/mol. The lowest BCUT2D eigenvalue weighted by Gasteiger charge is -2.24. The molecule has 4 aromatic rings. The quantitative estimate of drug-likeness (QED) is 0.118. The van der Waals surface area contributed by atoms with Crippen molar-refractivity contribution in [2.75, 3.05) is 56.9 Å². The summed E-state index contributed by atoms with van der Waals surface area (Å²) in [6.45, 7) is 0. The van der Waals surface area contributed by atoms with Crippen LogP contribution in [0.25, 0.3) is 12.2 Å². The lowest BCUT2D eigenvalue weighted by atomic mass is 10.1. The van der Waals surface area contributed by atoms with E-state index >= 15 is 0 Å². The van der Waals surface area contributed by atoms with Crippen molar-refractivity contribution in [3.8, 4) is 46.0 Å². The van der Waals surface area contributed by atoms with Crippen LogP contribution in [0.4, 0.5) is 0 Å². The van der Waals surface area contributed by atoms with Crippen molar-refractivity contribution >= 4 is 23.9 Å². The maximum Gasteiger partial charge on any atom is 0.129 e. The van der Waals surface area contributed by atoms with Gasteiger partial charge in [0, 0.05) is 46.5 Å². The van der Waals surface area contributed by atoms with E-state index in [2.05, 4.69) is 24.3 Å². The van der Waals surface area contributed by atoms with E-state index in [4.69, 9.17) is 37.9 Å². The maximum atomic E-state index is 5.88. The molecule has 0 aliphatic rings. The van der Waals surface area contributed by atoms with Crippen LogP contribution in [0.5, 0.6) is 46.0 Å². The highest BCUT2D eigenvalue weighted by molar-refractivity contribution is 8.00. The van der Waals surface area contributed by atoms with E-state index < -0.39 is 0 Å². The Labute approximate surface area is 281 Å². The fourth-order valence-electron chi connectivity index (χ4n) is 5.00. The molecule has 4 rings (SSSR count). The predicted octanol–water partition coefficient (Wildman–Crippen LogP) is 8.70. The van der Waals surface area contributed by atoms with Gasteiger partial charge >= 0.3 is 0 Å². The Morgan fingerprint density at radius 2 is 0.723 bits per heavy atom. The Morgan fingerprint density at radius 1 is 0.404 bits per heavy atom. The van der Waals surface area contributed by atoms with Crippen molar-refractivity contribution in [2.24, 2.45) is 0 Å². The predicted molar refractivity (Wildman–Crippen MR) is 189 cm³/mol. The Bertz CT molecular complexity index is 1560. The molecule has 8 nitrogen and oxygen atoms in total. The molecular weight excluding hydrogens is 616 g/mol. The summed E-state index contributed by atoms with van der Waals surface area (Å²) in [5.41, 5.74) is 3.75. The van der Waals surface area contributed by atoms with Gasteiger partial charge in [-0.15, -0.1) is 11.8 Å². The second-order valence-electron chi connectivity index (χ2n) is 10.1. The van der Waals surface area contributed by atoms with Gasteiger partial charge in [-0.25, -0.2) is 0 Å². The molecule has 0 aromatic heterocycles. The average Bonchev–Trinajstić information content (AvgIpc) is 3.13. The standard InChI is InChI=1S/C38H42O8S/c1-39-27-13-9-25(33(21-27)43-5)11-19-37(31-17-15-29(41-3)23-35(31)45-7)47-38(32-18-16-30(42-4)24-36(32)46-8)20-12-26-10-14-28(40-2)22-34(26)44-6/h9-24,37-38H,1-8H3/b19-11-,20-12-. The van der Waals surface area contributed by atoms with Gasteiger partial charge in [0.05, 0.1) is 67.4 Å². The van der Waals surface area contributed by atoms with E-state index in [1.54, 1.807) is 68.6 Å². The van der Waals surface area contributed by atoms with Crippen LogP contribution in [0.15, 0.2) is 84.9 Å². The molecule has 9 heteroatoms. The Balaban J connectivity index is 1.87. The molecule has 0 fully saturated rings. The highest BCUT2D eigenvalue weighted by Gasteiger charge is 2.23. The molecule has 0 aliphatic heterocycles. The van der Waals surface area contributed by atoms with Gasteiger partial charge in [-0.05, 0) is 36.4 Å². The van der Waals surface area contributed by atoms with Crippen LogP contribution in [-0.2, 0) is 0 Å². The molecule has 248 valence electrons. The molecule has 47 heavy (non-hydrogen) atoms. The van der Waals surface area contributed by atoms with E-state index in [1.807, 2.05) is 72.8 Å². The second kappa shape index (κ2) is 17.1. The minimum atomic E-state index is -0.193. The summed E-state index contributed by atoms with van der Waals surface area (Å²) in [5.74, 6) is 5.64. The van der Waals surface area contributed by atoms with Crippen molar-refractivity contribution in [3.63, 3.8) is 0 Å². The lowest BCUT2D eigenvalue weighted by Crippen LogP contribution is -2.02. The Hall–Kier alpha value is -4.89. The third-order valence-electron chi connectivity index (χ3n) is 7.57. The van der Waals surface area contributed by atoms with Crippen LogP contribution in [0.1, 0.15) is 32.8 Å². The van der Waals surface area contributed by atoms with Crippen molar-refractivity contribution in [2.45, 2.75) is 10.5 Å². The first-order valence-corrected chi connectivity index (χ1v) is 15.8. The van der Waals surface area contributed by atoms with Crippen LogP contribution in [0.3, 0.4) is 0 Å². The minimum Gasteiger partial charge on any atom is -0.497 e. The zero-order valence-electron chi connectivity index (χ0n) is 28.1. The van der Waals surface area contributed by atoms with Gasteiger partial charge in [-0.1, -0.05) is 36.4 Å². The fourth-order valence-corrected chi connectivity index (χ4v) is 6.34. The molecule has 0 N–H and O–H groups in total. The highest BCUT2D eigenvalue weighted by Crippen LogP contribution is 2.49. The van der Waals surface area contributed by atoms with Gasteiger partial charge in [0.25, 0.3) is 0 Å².